The average Bonchev–Trinajstić information content (AvgIpc) is 2.86. The minimum Gasteiger partial charge on any atom is -0.359 e. The van der Waals surface area contributed by atoms with Crippen molar-refractivity contribution in [1.29, 1.82) is 0 Å². The van der Waals surface area contributed by atoms with Gasteiger partial charge in [-0.2, -0.15) is 13.2 Å². The Kier molecular flexibility index (Phi) is 3.75. The molecule has 7 heteroatoms. The first-order valence-electron chi connectivity index (χ1n) is 5.15. The molecule has 2 rings (SSSR count). The molecule has 3 nitrogen and oxygen atoms in total. The SMILES string of the molecule is O=CC(Br)c1cc(-c2ccc(C(F)(F)F)cc2)no1. The van der Waals surface area contributed by atoms with Gasteiger partial charge >= 0.3 is 6.18 Å². The molecule has 0 spiro atoms. The average molecular weight is 334 g/mol. The summed E-state index contributed by atoms with van der Waals surface area (Å²) in [5.74, 6) is 0.296. The van der Waals surface area contributed by atoms with E-state index in [4.69, 9.17) is 4.52 Å². The van der Waals surface area contributed by atoms with Crippen LogP contribution in [-0.2, 0) is 11.0 Å². The number of aromatic nitrogens is 1. The third-order valence-electron chi connectivity index (χ3n) is 2.43. The van der Waals surface area contributed by atoms with E-state index in [1.165, 1.54) is 18.2 Å². The fraction of sp³-hybridized carbons (Fsp3) is 0.167. The number of hydrogen-bond acceptors (Lipinski definition) is 3. The molecule has 0 fully saturated rings. The van der Waals surface area contributed by atoms with Crippen LogP contribution in [0.15, 0.2) is 34.9 Å². The maximum Gasteiger partial charge on any atom is 0.416 e. The molecule has 0 amide bonds. The van der Waals surface area contributed by atoms with Crippen LogP contribution in [0.3, 0.4) is 0 Å². The van der Waals surface area contributed by atoms with Gasteiger partial charge < -0.3 is 9.32 Å². The zero-order valence-electron chi connectivity index (χ0n) is 9.32. The summed E-state index contributed by atoms with van der Waals surface area (Å²) in [5, 5.41) is 3.70. The Bertz CT molecular complexity index is 577. The van der Waals surface area contributed by atoms with E-state index in [-0.39, 0.29) is 0 Å². The van der Waals surface area contributed by atoms with Gasteiger partial charge in [0.05, 0.1) is 5.56 Å². The van der Waals surface area contributed by atoms with Crippen molar-refractivity contribution >= 4 is 22.2 Å². The van der Waals surface area contributed by atoms with Gasteiger partial charge in [0.15, 0.2) is 5.76 Å². The van der Waals surface area contributed by atoms with Crippen LogP contribution in [0.5, 0.6) is 0 Å². The zero-order chi connectivity index (χ0) is 14.0. The molecule has 1 atom stereocenters. The highest BCUT2D eigenvalue weighted by Crippen LogP contribution is 2.31. The van der Waals surface area contributed by atoms with E-state index in [1.807, 2.05) is 0 Å². The molecule has 2 aromatic rings. The van der Waals surface area contributed by atoms with E-state index in [0.717, 1.165) is 12.1 Å². The fourth-order valence-corrected chi connectivity index (χ4v) is 1.67. The van der Waals surface area contributed by atoms with E-state index >= 15 is 0 Å². The molecule has 1 heterocycles. The molecule has 0 saturated heterocycles. The first kappa shape index (κ1) is 13.8. The number of aldehydes is 1. The van der Waals surface area contributed by atoms with Crippen molar-refractivity contribution in [1.82, 2.24) is 5.16 Å². The summed E-state index contributed by atoms with van der Waals surface area (Å²) in [7, 11) is 0. The van der Waals surface area contributed by atoms with Crippen molar-refractivity contribution in [3.05, 3.63) is 41.7 Å². The minimum absolute atomic E-state index is 0.296. The predicted molar refractivity (Wildman–Crippen MR) is 64.7 cm³/mol. The Morgan fingerprint density at radius 3 is 2.42 bits per heavy atom. The van der Waals surface area contributed by atoms with Crippen molar-refractivity contribution in [2.75, 3.05) is 0 Å². The minimum atomic E-state index is -4.37. The second-order valence-corrected chi connectivity index (χ2v) is 4.71. The number of rotatable bonds is 3. The van der Waals surface area contributed by atoms with Crippen LogP contribution >= 0.6 is 15.9 Å². The monoisotopic (exact) mass is 333 g/mol. The Morgan fingerprint density at radius 2 is 1.89 bits per heavy atom. The lowest BCUT2D eigenvalue weighted by Crippen LogP contribution is -2.03. The number of nitrogens with zero attached hydrogens (tertiary/aromatic N) is 1. The van der Waals surface area contributed by atoms with Crippen LogP contribution in [0.25, 0.3) is 11.3 Å². The van der Waals surface area contributed by atoms with Crippen molar-refractivity contribution in [2.45, 2.75) is 11.0 Å². The summed E-state index contributed by atoms with van der Waals surface area (Å²) in [6.45, 7) is 0. The molecule has 0 aliphatic rings. The quantitative estimate of drug-likeness (QED) is 0.630. The molecule has 0 radical (unpaired) electrons. The second-order valence-electron chi connectivity index (χ2n) is 3.73. The van der Waals surface area contributed by atoms with Crippen LogP contribution in [0.2, 0.25) is 0 Å². The van der Waals surface area contributed by atoms with E-state index in [0.29, 0.717) is 23.3 Å². The molecule has 1 aromatic carbocycles. The van der Waals surface area contributed by atoms with Gasteiger partial charge in [-0.1, -0.05) is 33.2 Å². The second kappa shape index (κ2) is 5.16. The molecule has 100 valence electrons. The molecule has 1 aromatic heterocycles. The smallest absolute Gasteiger partial charge is 0.359 e. The summed E-state index contributed by atoms with van der Waals surface area (Å²) >= 11 is 3.06. The number of carbonyl (C=O) groups excluding carboxylic acids is 1. The normalized spacial score (nSPS) is 13.3. The molecular weight excluding hydrogens is 327 g/mol. The Labute approximate surface area is 114 Å². The largest absolute Gasteiger partial charge is 0.416 e. The van der Waals surface area contributed by atoms with E-state index < -0.39 is 16.6 Å². The summed E-state index contributed by atoms with van der Waals surface area (Å²) in [6.07, 6.45) is -3.75. The van der Waals surface area contributed by atoms with Crippen molar-refractivity contribution in [3.63, 3.8) is 0 Å². The van der Waals surface area contributed by atoms with Gasteiger partial charge in [-0.05, 0) is 12.1 Å². The lowest BCUT2D eigenvalue weighted by Gasteiger charge is -2.06. The van der Waals surface area contributed by atoms with Crippen LogP contribution in [0.4, 0.5) is 13.2 Å². The molecule has 0 N–H and O–H groups in total. The summed E-state index contributed by atoms with van der Waals surface area (Å²) in [6, 6.07) is 6.03. The van der Waals surface area contributed by atoms with Gasteiger partial charge in [-0.25, -0.2) is 0 Å². The molecule has 0 bridgehead atoms. The number of halogens is 4. The third-order valence-corrected chi connectivity index (χ3v) is 3.09. The number of hydrogen-bond donors (Lipinski definition) is 0. The zero-order valence-corrected chi connectivity index (χ0v) is 10.9. The van der Waals surface area contributed by atoms with Crippen molar-refractivity contribution in [2.24, 2.45) is 0 Å². The molecule has 1 unspecified atom stereocenters. The highest BCUT2D eigenvalue weighted by atomic mass is 79.9. The summed E-state index contributed by atoms with van der Waals surface area (Å²) < 4.78 is 42.1. The highest BCUT2D eigenvalue weighted by molar-refractivity contribution is 9.09. The van der Waals surface area contributed by atoms with Crippen LogP contribution in [-0.4, -0.2) is 11.4 Å². The lowest BCUT2D eigenvalue weighted by atomic mass is 10.1. The Morgan fingerprint density at radius 1 is 1.26 bits per heavy atom. The lowest BCUT2D eigenvalue weighted by molar-refractivity contribution is -0.137. The topological polar surface area (TPSA) is 43.1 Å². The number of alkyl halides is 4. The first-order chi connectivity index (χ1) is 8.91. The Balaban J connectivity index is 2.28. The van der Waals surface area contributed by atoms with Gasteiger partial charge in [-0.15, -0.1) is 0 Å². The summed E-state index contributed by atoms with van der Waals surface area (Å²) in [5.41, 5.74) is 0.120. The maximum absolute atomic E-state index is 12.4. The predicted octanol–water partition coefficient (Wildman–Crippen LogP) is 4.00. The molecule has 0 aliphatic carbocycles. The third kappa shape index (κ3) is 3.04. The van der Waals surface area contributed by atoms with Crippen molar-refractivity contribution < 1.29 is 22.5 Å². The van der Waals surface area contributed by atoms with Crippen molar-refractivity contribution in [3.8, 4) is 11.3 Å². The van der Waals surface area contributed by atoms with E-state index in [2.05, 4.69) is 21.1 Å². The molecular formula is C12H7BrF3NO2. The Hall–Kier alpha value is -1.63. The van der Waals surface area contributed by atoms with Gasteiger partial charge in [0.25, 0.3) is 0 Å². The van der Waals surface area contributed by atoms with Crippen LogP contribution in [0.1, 0.15) is 16.2 Å². The number of carbonyl (C=O) groups is 1. The van der Waals surface area contributed by atoms with Crippen LogP contribution < -0.4 is 0 Å². The fourth-order valence-electron chi connectivity index (χ4n) is 1.45. The highest BCUT2D eigenvalue weighted by Gasteiger charge is 2.30. The van der Waals surface area contributed by atoms with Gasteiger partial charge in [-0.3, -0.25) is 0 Å². The van der Waals surface area contributed by atoms with Gasteiger partial charge in [0.1, 0.15) is 16.8 Å². The van der Waals surface area contributed by atoms with Gasteiger partial charge in [0, 0.05) is 11.6 Å². The van der Waals surface area contributed by atoms with Crippen LogP contribution in [0, 0.1) is 0 Å². The maximum atomic E-state index is 12.4. The summed E-state index contributed by atoms with van der Waals surface area (Å²) in [4.78, 5) is 9.92. The molecule has 19 heavy (non-hydrogen) atoms. The first-order valence-corrected chi connectivity index (χ1v) is 6.07. The molecule has 0 saturated carbocycles. The standard InChI is InChI=1S/C12H7BrF3NO2/c13-9(6-18)11-5-10(17-19-11)7-1-3-8(4-2-7)12(14,15)16/h1-6,9H. The molecule has 0 aliphatic heterocycles. The van der Waals surface area contributed by atoms with E-state index in [9.17, 15) is 18.0 Å². The van der Waals surface area contributed by atoms with Gasteiger partial charge in [0.2, 0.25) is 0 Å². The number of benzene rings is 1. The van der Waals surface area contributed by atoms with E-state index in [1.54, 1.807) is 0 Å².